The first-order chi connectivity index (χ1) is 8.60. The molecular weight excluding hydrogens is 254 g/mol. The molecule has 1 aliphatic rings. The van der Waals surface area contributed by atoms with E-state index in [4.69, 9.17) is 16.9 Å². The van der Waals surface area contributed by atoms with Crippen LogP contribution < -0.4 is 5.32 Å². The number of halogens is 1. The molecule has 1 unspecified atom stereocenters. The van der Waals surface area contributed by atoms with Crippen molar-refractivity contribution in [3.63, 3.8) is 0 Å². The molecule has 0 aromatic heterocycles. The maximum atomic E-state index is 11.6. The molecule has 92 valence electrons. The molecule has 1 saturated heterocycles. The van der Waals surface area contributed by atoms with E-state index in [2.05, 4.69) is 5.32 Å². The molecule has 1 N–H and O–H groups in total. The fourth-order valence-electron chi connectivity index (χ4n) is 1.50. The van der Waals surface area contributed by atoms with Crippen molar-refractivity contribution in [2.45, 2.75) is 12.5 Å². The minimum Gasteiger partial charge on any atom is -0.303 e. The van der Waals surface area contributed by atoms with Gasteiger partial charge < -0.3 is 4.90 Å². The van der Waals surface area contributed by atoms with Gasteiger partial charge in [-0.15, -0.1) is 0 Å². The summed E-state index contributed by atoms with van der Waals surface area (Å²) in [7, 11) is 0. The molecule has 6 heteroatoms. The van der Waals surface area contributed by atoms with Crippen LogP contribution in [0.3, 0.4) is 0 Å². The molecule has 3 amide bonds. The van der Waals surface area contributed by atoms with Crippen molar-refractivity contribution in [3.8, 4) is 6.07 Å². The van der Waals surface area contributed by atoms with Gasteiger partial charge in [0.1, 0.15) is 6.04 Å². The van der Waals surface area contributed by atoms with Crippen LogP contribution in [0.1, 0.15) is 5.56 Å². The lowest BCUT2D eigenvalue weighted by Crippen LogP contribution is -2.35. The van der Waals surface area contributed by atoms with E-state index < -0.39 is 18.0 Å². The summed E-state index contributed by atoms with van der Waals surface area (Å²) in [6.45, 7) is 0.385. The van der Waals surface area contributed by atoms with Crippen LogP contribution in [-0.2, 0) is 11.2 Å². The second-order valence-corrected chi connectivity index (χ2v) is 4.39. The number of urea groups is 1. The van der Waals surface area contributed by atoms with Gasteiger partial charge in [-0.1, -0.05) is 23.7 Å². The fourth-order valence-corrected chi connectivity index (χ4v) is 1.62. The smallest absolute Gasteiger partial charge is 0.303 e. The van der Waals surface area contributed by atoms with Crippen LogP contribution in [-0.4, -0.2) is 29.4 Å². The van der Waals surface area contributed by atoms with Gasteiger partial charge in [-0.3, -0.25) is 10.1 Å². The number of nitrogens with zero attached hydrogens (tertiary/aromatic N) is 2. The van der Waals surface area contributed by atoms with Crippen LogP contribution in [0.15, 0.2) is 24.3 Å². The van der Waals surface area contributed by atoms with Crippen molar-refractivity contribution >= 4 is 23.5 Å². The molecule has 1 fully saturated rings. The Morgan fingerprint density at radius 3 is 2.67 bits per heavy atom. The largest absolute Gasteiger partial charge is 0.325 e. The first-order valence-corrected chi connectivity index (χ1v) is 5.72. The maximum Gasteiger partial charge on any atom is 0.325 e. The Labute approximate surface area is 109 Å². The van der Waals surface area contributed by atoms with Crippen molar-refractivity contribution in [2.24, 2.45) is 0 Å². The van der Waals surface area contributed by atoms with Gasteiger partial charge in [0.15, 0.2) is 0 Å². The normalized spacial score (nSPS) is 16.9. The van der Waals surface area contributed by atoms with Crippen molar-refractivity contribution in [1.82, 2.24) is 10.2 Å². The number of imide groups is 1. The highest BCUT2D eigenvalue weighted by Gasteiger charge is 2.39. The molecule has 1 aliphatic heterocycles. The van der Waals surface area contributed by atoms with Gasteiger partial charge in [0.2, 0.25) is 5.91 Å². The third-order valence-corrected chi connectivity index (χ3v) is 2.80. The summed E-state index contributed by atoms with van der Waals surface area (Å²) in [4.78, 5) is 24.3. The summed E-state index contributed by atoms with van der Waals surface area (Å²) in [5.41, 5.74) is 0.771. The zero-order chi connectivity index (χ0) is 13.1. The molecule has 5 nitrogen and oxygen atoms in total. The molecule has 0 saturated carbocycles. The molecule has 2 rings (SSSR count). The summed E-state index contributed by atoms with van der Waals surface area (Å²) in [5, 5.41) is 11.4. The molecule has 0 radical (unpaired) electrons. The van der Waals surface area contributed by atoms with E-state index in [0.29, 0.717) is 11.6 Å². The predicted molar refractivity (Wildman–Crippen MR) is 64.8 cm³/mol. The molecule has 1 atom stereocenters. The molecular formula is C12H10ClN3O2. The van der Waals surface area contributed by atoms with Gasteiger partial charge in [-0.25, -0.2) is 4.79 Å². The topological polar surface area (TPSA) is 73.0 Å². The molecule has 0 bridgehead atoms. The zero-order valence-electron chi connectivity index (χ0n) is 9.39. The Morgan fingerprint density at radius 2 is 2.11 bits per heavy atom. The summed E-state index contributed by atoms with van der Waals surface area (Å²) >= 11 is 5.72. The lowest BCUT2D eigenvalue weighted by Gasteiger charge is -2.04. The summed E-state index contributed by atoms with van der Waals surface area (Å²) in [6, 6.07) is 7.84. The highest BCUT2D eigenvalue weighted by molar-refractivity contribution is 6.30. The molecule has 18 heavy (non-hydrogen) atoms. The molecule has 1 aromatic rings. The van der Waals surface area contributed by atoms with Crippen LogP contribution in [0.4, 0.5) is 4.79 Å². The Morgan fingerprint density at radius 1 is 1.44 bits per heavy atom. The predicted octanol–water partition coefficient (Wildman–Crippen LogP) is 1.33. The fraction of sp³-hybridized carbons (Fsp3) is 0.250. The number of benzene rings is 1. The molecule has 1 aromatic carbocycles. The number of nitrogens with one attached hydrogen (secondary N) is 1. The minimum atomic E-state index is -0.513. The molecule has 0 aliphatic carbocycles. The van der Waals surface area contributed by atoms with E-state index in [-0.39, 0.29) is 6.42 Å². The van der Waals surface area contributed by atoms with Crippen molar-refractivity contribution < 1.29 is 9.59 Å². The quantitative estimate of drug-likeness (QED) is 0.818. The van der Waals surface area contributed by atoms with Gasteiger partial charge in [-0.2, -0.15) is 5.26 Å². The Hall–Kier alpha value is -2.06. The maximum absolute atomic E-state index is 11.6. The van der Waals surface area contributed by atoms with E-state index in [9.17, 15) is 9.59 Å². The molecule has 0 spiro atoms. The Bertz CT molecular complexity index is 521. The minimum absolute atomic E-state index is 0.105. The third kappa shape index (κ3) is 2.99. The van der Waals surface area contributed by atoms with Gasteiger partial charge in [0.25, 0.3) is 0 Å². The van der Waals surface area contributed by atoms with Gasteiger partial charge >= 0.3 is 6.03 Å². The zero-order valence-corrected chi connectivity index (χ0v) is 10.1. The van der Waals surface area contributed by atoms with Crippen molar-refractivity contribution in [2.75, 3.05) is 6.54 Å². The SMILES string of the molecule is N#CC1CN1C(=O)NC(=O)Cc1ccc(Cl)cc1. The second-order valence-electron chi connectivity index (χ2n) is 3.95. The number of carbonyl (C=O) groups is 2. The van der Waals surface area contributed by atoms with E-state index in [1.165, 1.54) is 4.90 Å². The van der Waals surface area contributed by atoms with Crippen LogP contribution >= 0.6 is 11.6 Å². The van der Waals surface area contributed by atoms with E-state index in [0.717, 1.165) is 5.56 Å². The Kier molecular flexibility index (Phi) is 3.49. The van der Waals surface area contributed by atoms with Crippen LogP contribution in [0.2, 0.25) is 5.02 Å². The number of carbonyl (C=O) groups excluding carboxylic acids is 2. The van der Waals surface area contributed by atoms with Crippen LogP contribution in [0.5, 0.6) is 0 Å². The van der Waals surface area contributed by atoms with E-state index in [1.807, 2.05) is 6.07 Å². The average Bonchev–Trinajstić information content (AvgIpc) is 3.11. The van der Waals surface area contributed by atoms with Crippen LogP contribution in [0.25, 0.3) is 0 Å². The number of amides is 3. The molecule has 1 heterocycles. The highest BCUT2D eigenvalue weighted by Crippen LogP contribution is 2.15. The first kappa shape index (κ1) is 12.4. The number of rotatable bonds is 2. The third-order valence-electron chi connectivity index (χ3n) is 2.55. The van der Waals surface area contributed by atoms with Gasteiger partial charge in [0.05, 0.1) is 19.0 Å². The van der Waals surface area contributed by atoms with E-state index in [1.54, 1.807) is 24.3 Å². The van der Waals surface area contributed by atoms with Crippen LogP contribution in [0, 0.1) is 11.3 Å². The van der Waals surface area contributed by atoms with Gasteiger partial charge in [-0.05, 0) is 17.7 Å². The monoisotopic (exact) mass is 263 g/mol. The van der Waals surface area contributed by atoms with Crippen molar-refractivity contribution in [3.05, 3.63) is 34.9 Å². The standard InChI is InChI=1S/C12H10ClN3O2/c13-9-3-1-8(2-4-9)5-11(17)15-12(18)16-7-10(16)6-14/h1-4,10H,5,7H2,(H,15,17,18). The van der Waals surface area contributed by atoms with Gasteiger partial charge in [0, 0.05) is 5.02 Å². The average molecular weight is 264 g/mol. The van der Waals surface area contributed by atoms with Crippen molar-refractivity contribution in [1.29, 1.82) is 5.26 Å². The number of nitriles is 1. The summed E-state index contributed by atoms with van der Waals surface area (Å²) in [5.74, 6) is -0.397. The summed E-state index contributed by atoms with van der Waals surface area (Å²) < 4.78 is 0. The first-order valence-electron chi connectivity index (χ1n) is 5.34. The Balaban J connectivity index is 1.84. The highest BCUT2D eigenvalue weighted by atomic mass is 35.5. The lowest BCUT2D eigenvalue weighted by atomic mass is 10.1. The second kappa shape index (κ2) is 5.07. The lowest BCUT2D eigenvalue weighted by molar-refractivity contribution is -0.119. The number of hydrogen-bond acceptors (Lipinski definition) is 3. The summed E-state index contributed by atoms with van der Waals surface area (Å²) in [6.07, 6.45) is 0.105. The van der Waals surface area contributed by atoms with E-state index >= 15 is 0 Å². The number of hydrogen-bond donors (Lipinski definition) is 1.